The Morgan fingerprint density at radius 3 is 2.79 bits per heavy atom. The van der Waals surface area contributed by atoms with E-state index in [0.29, 0.717) is 25.6 Å². The highest BCUT2D eigenvalue weighted by Gasteiger charge is 2.13. The summed E-state index contributed by atoms with van der Waals surface area (Å²) < 4.78 is 16.4. The minimum absolute atomic E-state index is 0.274. The van der Waals surface area contributed by atoms with Crippen LogP contribution in [0, 0.1) is 6.92 Å². The number of fused-ring (bicyclic) bond motifs is 1. The maximum absolute atomic E-state index is 5.70. The van der Waals surface area contributed by atoms with Crippen molar-refractivity contribution in [2.45, 2.75) is 13.5 Å². The average Bonchev–Trinajstić information content (AvgIpc) is 3.20. The van der Waals surface area contributed by atoms with Crippen molar-refractivity contribution in [1.82, 2.24) is 9.97 Å². The normalized spacial score (nSPS) is 11.9. The fourth-order valence-corrected chi connectivity index (χ4v) is 2.79. The first kappa shape index (κ1) is 17.9. The van der Waals surface area contributed by atoms with Gasteiger partial charge in [-0.1, -0.05) is 24.3 Å². The van der Waals surface area contributed by atoms with Gasteiger partial charge in [-0.2, -0.15) is 4.98 Å². The van der Waals surface area contributed by atoms with E-state index < -0.39 is 0 Å². The van der Waals surface area contributed by atoms with Gasteiger partial charge in [-0.15, -0.1) is 0 Å². The molecule has 0 unspecified atom stereocenters. The van der Waals surface area contributed by atoms with Crippen LogP contribution >= 0.6 is 0 Å². The molecule has 0 saturated heterocycles. The van der Waals surface area contributed by atoms with Gasteiger partial charge in [-0.25, -0.2) is 4.98 Å². The zero-order valence-electron chi connectivity index (χ0n) is 15.6. The second kappa shape index (κ2) is 8.47. The highest BCUT2D eigenvalue weighted by Crippen LogP contribution is 2.32. The average molecular weight is 378 g/mol. The number of hydrogen-bond donors (Lipinski definition) is 2. The molecule has 1 aliphatic rings. The number of aromatic nitrogens is 2. The molecular formula is C21H22N4O3. The van der Waals surface area contributed by atoms with Gasteiger partial charge in [0.05, 0.1) is 6.54 Å². The number of para-hydroxylation sites is 1. The Balaban J connectivity index is 1.30. The Hall–Kier alpha value is -3.48. The van der Waals surface area contributed by atoms with Crippen LogP contribution in [-0.2, 0) is 6.54 Å². The first-order valence-electron chi connectivity index (χ1n) is 9.16. The SMILES string of the molecule is Cc1cnc(NCc2ccc3c(c2)OCO3)nc1NCCOc1ccccc1. The van der Waals surface area contributed by atoms with E-state index in [0.717, 1.165) is 34.2 Å². The largest absolute Gasteiger partial charge is 0.492 e. The van der Waals surface area contributed by atoms with Crippen molar-refractivity contribution in [1.29, 1.82) is 0 Å². The molecule has 144 valence electrons. The molecule has 0 radical (unpaired) electrons. The summed E-state index contributed by atoms with van der Waals surface area (Å²) in [5.41, 5.74) is 2.05. The summed E-state index contributed by atoms with van der Waals surface area (Å²) in [6.45, 7) is 4.04. The van der Waals surface area contributed by atoms with Gasteiger partial charge < -0.3 is 24.8 Å². The van der Waals surface area contributed by atoms with Crippen LogP contribution in [0.3, 0.4) is 0 Å². The van der Waals surface area contributed by atoms with Crippen LogP contribution in [0.2, 0.25) is 0 Å². The van der Waals surface area contributed by atoms with Crippen LogP contribution in [0.4, 0.5) is 11.8 Å². The number of nitrogens with one attached hydrogen (secondary N) is 2. The number of ether oxygens (including phenoxy) is 3. The summed E-state index contributed by atoms with van der Waals surface area (Å²) in [7, 11) is 0. The van der Waals surface area contributed by atoms with E-state index in [1.54, 1.807) is 6.20 Å². The third kappa shape index (κ3) is 4.43. The first-order chi connectivity index (χ1) is 13.8. The van der Waals surface area contributed by atoms with Crippen LogP contribution in [0.1, 0.15) is 11.1 Å². The van der Waals surface area contributed by atoms with E-state index >= 15 is 0 Å². The summed E-state index contributed by atoms with van der Waals surface area (Å²) in [5, 5.41) is 6.55. The van der Waals surface area contributed by atoms with Crippen molar-refractivity contribution >= 4 is 11.8 Å². The first-order valence-corrected chi connectivity index (χ1v) is 9.16. The van der Waals surface area contributed by atoms with Gasteiger partial charge in [-0.05, 0) is 36.8 Å². The lowest BCUT2D eigenvalue weighted by Crippen LogP contribution is -2.14. The third-order valence-electron chi connectivity index (χ3n) is 4.27. The standard InChI is InChI=1S/C21H22N4O3/c1-15-12-23-21(24-13-16-7-8-18-19(11-16)28-14-27-18)25-20(15)22-9-10-26-17-5-3-2-4-6-17/h2-8,11-12H,9-10,13-14H2,1H3,(H2,22,23,24,25). The van der Waals surface area contributed by atoms with Gasteiger partial charge in [0.2, 0.25) is 12.7 Å². The molecule has 7 nitrogen and oxygen atoms in total. The van der Waals surface area contributed by atoms with Gasteiger partial charge in [0, 0.05) is 18.3 Å². The number of hydrogen-bond acceptors (Lipinski definition) is 7. The van der Waals surface area contributed by atoms with E-state index in [1.165, 1.54) is 0 Å². The van der Waals surface area contributed by atoms with Crippen molar-refractivity contribution in [3.05, 3.63) is 65.9 Å². The molecule has 2 aromatic carbocycles. The molecule has 7 heteroatoms. The molecule has 1 aromatic heterocycles. The van der Waals surface area contributed by atoms with Crippen molar-refractivity contribution in [3.8, 4) is 17.2 Å². The Morgan fingerprint density at radius 2 is 1.89 bits per heavy atom. The summed E-state index contributed by atoms with van der Waals surface area (Å²) in [6, 6.07) is 15.6. The summed E-state index contributed by atoms with van der Waals surface area (Å²) in [6.07, 6.45) is 1.80. The van der Waals surface area contributed by atoms with Crippen LogP contribution < -0.4 is 24.8 Å². The van der Waals surface area contributed by atoms with Crippen LogP contribution in [0.25, 0.3) is 0 Å². The van der Waals surface area contributed by atoms with Crippen LogP contribution in [0.15, 0.2) is 54.7 Å². The van der Waals surface area contributed by atoms with Gasteiger partial charge >= 0.3 is 0 Å². The number of anilines is 2. The van der Waals surface area contributed by atoms with Gasteiger partial charge in [0.25, 0.3) is 0 Å². The fourth-order valence-electron chi connectivity index (χ4n) is 2.79. The topological polar surface area (TPSA) is 77.5 Å². The molecular weight excluding hydrogens is 356 g/mol. The highest BCUT2D eigenvalue weighted by atomic mass is 16.7. The molecule has 28 heavy (non-hydrogen) atoms. The fraction of sp³-hybridized carbons (Fsp3) is 0.238. The van der Waals surface area contributed by atoms with Gasteiger partial charge in [0.1, 0.15) is 18.2 Å². The Kier molecular flexibility index (Phi) is 5.42. The predicted molar refractivity (Wildman–Crippen MR) is 107 cm³/mol. The van der Waals surface area contributed by atoms with Crippen LogP contribution in [0.5, 0.6) is 17.2 Å². The van der Waals surface area contributed by atoms with Crippen molar-refractivity contribution in [2.24, 2.45) is 0 Å². The molecule has 0 amide bonds. The number of benzene rings is 2. The Labute approximate surface area is 163 Å². The van der Waals surface area contributed by atoms with E-state index in [2.05, 4.69) is 20.6 Å². The van der Waals surface area contributed by atoms with E-state index in [1.807, 2.05) is 55.5 Å². The molecule has 0 atom stereocenters. The lowest BCUT2D eigenvalue weighted by molar-refractivity contribution is 0.174. The maximum atomic E-state index is 5.70. The highest BCUT2D eigenvalue weighted by molar-refractivity contribution is 5.48. The third-order valence-corrected chi connectivity index (χ3v) is 4.27. The molecule has 1 aliphatic heterocycles. The smallest absolute Gasteiger partial charge is 0.231 e. The summed E-state index contributed by atoms with van der Waals surface area (Å²) in [5.74, 6) is 3.76. The molecule has 3 aromatic rings. The molecule has 0 fully saturated rings. The molecule has 0 aliphatic carbocycles. The minimum Gasteiger partial charge on any atom is -0.492 e. The second-order valence-electron chi connectivity index (χ2n) is 6.35. The Morgan fingerprint density at radius 1 is 1.04 bits per heavy atom. The number of nitrogens with zero attached hydrogens (tertiary/aromatic N) is 2. The number of rotatable bonds is 8. The monoisotopic (exact) mass is 378 g/mol. The van der Waals surface area contributed by atoms with Gasteiger partial charge in [-0.3, -0.25) is 0 Å². The molecule has 4 rings (SSSR count). The molecule has 2 heterocycles. The Bertz CT molecular complexity index is 934. The summed E-state index contributed by atoms with van der Waals surface area (Å²) in [4.78, 5) is 8.91. The molecule has 0 saturated carbocycles. The van der Waals surface area contributed by atoms with Crippen molar-refractivity contribution in [2.75, 3.05) is 30.6 Å². The maximum Gasteiger partial charge on any atom is 0.231 e. The van der Waals surface area contributed by atoms with Gasteiger partial charge in [0.15, 0.2) is 11.5 Å². The minimum atomic E-state index is 0.274. The van der Waals surface area contributed by atoms with Crippen LogP contribution in [-0.4, -0.2) is 29.9 Å². The van der Waals surface area contributed by atoms with E-state index in [-0.39, 0.29) is 6.79 Å². The molecule has 0 spiro atoms. The molecule has 0 bridgehead atoms. The lowest BCUT2D eigenvalue weighted by Gasteiger charge is -2.12. The summed E-state index contributed by atoms with van der Waals surface area (Å²) >= 11 is 0. The van der Waals surface area contributed by atoms with Crippen molar-refractivity contribution < 1.29 is 14.2 Å². The molecule has 2 N–H and O–H groups in total. The van der Waals surface area contributed by atoms with E-state index in [4.69, 9.17) is 14.2 Å². The van der Waals surface area contributed by atoms with Crippen molar-refractivity contribution in [3.63, 3.8) is 0 Å². The predicted octanol–water partition coefficient (Wildman–Crippen LogP) is 3.62. The quantitative estimate of drug-likeness (QED) is 0.580. The number of aryl methyl sites for hydroxylation is 1. The lowest BCUT2D eigenvalue weighted by atomic mass is 10.2. The van der Waals surface area contributed by atoms with E-state index in [9.17, 15) is 0 Å². The zero-order valence-corrected chi connectivity index (χ0v) is 15.6. The second-order valence-corrected chi connectivity index (χ2v) is 6.35. The zero-order chi connectivity index (χ0) is 19.2.